The van der Waals surface area contributed by atoms with Crippen molar-refractivity contribution >= 4 is 5.97 Å². The van der Waals surface area contributed by atoms with E-state index in [1.54, 1.807) is 0 Å². The molecule has 2 atom stereocenters. The van der Waals surface area contributed by atoms with Crippen LogP contribution in [0.1, 0.15) is 59.1 Å². The summed E-state index contributed by atoms with van der Waals surface area (Å²) >= 11 is 0. The minimum Gasteiger partial charge on any atom is -0.489 e. The van der Waals surface area contributed by atoms with E-state index in [4.69, 9.17) is 9.47 Å². The Bertz CT molecular complexity index is 596. The summed E-state index contributed by atoms with van der Waals surface area (Å²) < 4.78 is 11.1. The van der Waals surface area contributed by atoms with Crippen LogP contribution in [0.5, 0.6) is 5.75 Å². The molecule has 1 N–H and O–H groups in total. The average molecular weight is 333 g/mol. The third-order valence-corrected chi connectivity index (χ3v) is 4.52. The lowest BCUT2D eigenvalue weighted by Gasteiger charge is -2.28. The molecule has 0 unspecified atom stereocenters. The molecule has 0 saturated carbocycles. The van der Waals surface area contributed by atoms with Gasteiger partial charge in [-0.2, -0.15) is 0 Å². The first-order chi connectivity index (χ1) is 11.0. The fraction of sp³-hybridized carbons (Fsp3) is 0.650. The van der Waals surface area contributed by atoms with Gasteiger partial charge in [-0.3, -0.25) is 4.79 Å². The maximum Gasteiger partial charge on any atom is 0.323 e. The number of carbonyl (C=O) groups is 1. The van der Waals surface area contributed by atoms with Crippen LogP contribution < -0.4 is 10.1 Å². The number of ether oxygens (including phenoxy) is 2. The number of nitrogens with one attached hydrogen (secondary N) is 1. The molecule has 0 radical (unpaired) electrons. The normalized spacial score (nSPS) is 21.6. The lowest BCUT2D eigenvalue weighted by Crippen LogP contribution is -2.31. The molecule has 1 aromatic carbocycles. The van der Waals surface area contributed by atoms with Gasteiger partial charge in [0.15, 0.2) is 0 Å². The van der Waals surface area contributed by atoms with E-state index < -0.39 is 0 Å². The Morgan fingerprint density at radius 2 is 1.79 bits per heavy atom. The van der Waals surface area contributed by atoms with Crippen LogP contribution in [0, 0.1) is 0 Å². The number of benzene rings is 1. The molecular formula is C20H31NO3. The van der Waals surface area contributed by atoms with Gasteiger partial charge in [0.05, 0.1) is 7.11 Å². The first kappa shape index (κ1) is 18.8. The Hall–Kier alpha value is -1.55. The second kappa shape index (κ2) is 6.75. The van der Waals surface area contributed by atoms with Gasteiger partial charge in [0.25, 0.3) is 0 Å². The van der Waals surface area contributed by atoms with Crippen molar-refractivity contribution in [3.63, 3.8) is 0 Å². The second-order valence-corrected chi connectivity index (χ2v) is 8.67. The Labute approximate surface area is 145 Å². The predicted octanol–water partition coefficient (Wildman–Crippen LogP) is 3.56. The highest BCUT2D eigenvalue weighted by atomic mass is 16.5. The fourth-order valence-corrected chi connectivity index (χ4v) is 2.98. The van der Waals surface area contributed by atoms with Gasteiger partial charge in [-0.25, -0.2) is 0 Å². The maximum atomic E-state index is 11.7. The van der Waals surface area contributed by atoms with E-state index in [-0.39, 0.29) is 28.9 Å². The van der Waals surface area contributed by atoms with Gasteiger partial charge in [-0.15, -0.1) is 0 Å². The predicted molar refractivity (Wildman–Crippen MR) is 96.7 cm³/mol. The van der Waals surface area contributed by atoms with Gasteiger partial charge < -0.3 is 14.8 Å². The van der Waals surface area contributed by atoms with Crippen LogP contribution in [0.3, 0.4) is 0 Å². The first-order valence-corrected chi connectivity index (χ1v) is 8.65. The van der Waals surface area contributed by atoms with E-state index in [0.717, 1.165) is 5.75 Å². The molecule has 1 fully saturated rings. The minimum absolute atomic E-state index is 0.00955. The second-order valence-electron chi connectivity index (χ2n) is 8.67. The lowest BCUT2D eigenvalue weighted by atomic mass is 9.80. The van der Waals surface area contributed by atoms with Gasteiger partial charge >= 0.3 is 5.97 Å². The molecule has 0 aromatic heterocycles. The quantitative estimate of drug-likeness (QED) is 0.859. The van der Waals surface area contributed by atoms with Crippen LogP contribution in [0.25, 0.3) is 0 Å². The first-order valence-electron chi connectivity index (χ1n) is 8.65. The molecule has 1 saturated heterocycles. The van der Waals surface area contributed by atoms with E-state index >= 15 is 0 Å². The van der Waals surface area contributed by atoms with Crippen LogP contribution in [0.2, 0.25) is 0 Å². The van der Waals surface area contributed by atoms with Crippen molar-refractivity contribution in [1.82, 2.24) is 5.32 Å². The minimum atomic E-state index is -0.271. The standard InChI is InChI=1S/C20H31NO3/c1-19(2,3)13-8-9-17(15(10-13)20(4,5)6)24-14-11-16(21-12-14)18(22)23-7/h8-10,14,16,21H,11-12H2,1-7H3/t14-,16+/m1/s1. The SMILES string of the molecule is COC(=O)[C@@H]1C[C@@H](Oc2ccc(C(C)(C)C)cc2C(C)(C)C)CN1. The summed E-state index contributed by atoms with van der Waals surface area (Å²) in [6.07, 6.45) is 0.618. The van der Waals surface area contributed by atoms with Crippen LogP contribution in [-0.2, 0) is 20.4 Å². The molecule has 1 aliphatic rings. The van der Waals surface area contributed by atoms with Crippen LogP contribution >= 0.6 is 0 Å². The summed E-state index contributed by atoms with van der Waals surface area (Å²) in [6, 6.07) is 6.21. The summed E-state index contributed by atoms with van der Waals surface area (Å²) in [5.74, 6) is 0.688. The molecule has 0 bridgehead atoms. The molecule has 1 heterocycles. The van der Waals surface area contributed by atoms with E-state index in [0.29, 0.717) is 13.0 Å². The van der Waals surface area contributed by atoms with Gasteiger partial charge in [0.2, 0.25) is 0 Å². The third kappa shape index (κ3) is 4.29. The lowest BCUT2D eigenvalue weighted by molar-refractivity contribution is -0.142. The Morgan fingerprint density at radius 3 is 2.33 bits per heavy atom. The van der Waals surface area contributed by atoms with E-state index in [2.05, 4.69) is 65.1 Å². The van der Waals surface area contributed by atoms with Crippen molar-refractivity contribution in [2.45, 2.75) is 70.9 Å². The summed E-state index contributed by atoms with van der Waals surface area (Å²) in [5, 5.41) is 3.17. The van der Waals surface area contributed by atoms with E-state index in [1.807, 2.05) is 0 Å². The van der Waals surface area contributed by atoms with Crippen LogP contribution in [0.15, 0.2) is 18.2 Å². The highest BCUT2D eigenvalue weighted by molar-refractivity contribution is 5.76. The molecule has 4 nitrogen and oxygen atoms in total. The number of esters is 1. The number of methoxy groups -OCH3 is 1. The molecule has 24 heavy (non-hydrogen) atoms. The van der Waals surface area contributed by atoms with Crippen LogP contribution in [-0.4, -0.2) is 31.8 Å². The Morgan fingerprint density at radius 1 is 1.12 bits per heavy atom. The molecule has 4 heteroatoms. The van der Waals surface area contributed by atoms with Crippen LogP contribution in [0.4, 0.5) is 0 Å². The van der Waals surface area contributed by atoms with Gasteiger partial charge in [-0.1, -0.05) is 53.7 Å². The highest BCUT2D eigenvalue weighted by Crippen LogP contribution is 2.36. The average Bonchev–Trinajstić information content (AvgIpc) is 2.93. The van der Waals surface area contributed by atoms with Gasteiger partial charge in [-0.05, 0) is 28.0 Å². The molecule has 2 rings (SSSR count). The van der Waals surface area contributed by atoms with Crippen molar-refractivity contribution in [1.29, 1.82) is 0 Å². The van der Waals surface area contributed by atoms with E-state index in [9.17, 15) is 4.79 Å². The monoisotopic (exact) mass is 333 g/mol. The van der Waals surface area contributed by atoms with Gasteiger partial charge in [0, 0.05) is 13.0 Å². The summed E-state index contributed by atoms with van der Waals surface area (Å²) in [6.45, 7) is 13.9. The summed E-state index contributed by atoms with van der Waals surface area (Å²) in [4.78, 5) is 11.7. The molecular weight excluding hydrogens is 302 g/mol. The molecule has 0 aliphatic carbocycles. The molecule has 1 aliphatic heterocycles. The number of hydrogen-bond donors (Lipinski definition) is 1. The van der Waals surface area contributed by atoms with Crippen molar-refractivity contribution in [3.8, 4) is 5.75 Å². The zero-order chi connectivity index (χ0) is 18.1. The zero-order valence-electron chi connectivity index (χ0n) is 16.0. The number of hydrogen-bond acceptors (Lipinski definition) is 4. The van der Waals surface area contributed by atoms with Crippen molar-refractivity contribution < 1.29 is 14.3 Å². The summed E-state index contributed by atoms with van der Waals surface area (Å²) in [7, 11) is 1.42. The number of rotatable bonds is 3. The van der Waals surface area contributed by atoms with Gasteiger partial charge in [0.1, 0.15) is 17.9 Å². The number of carbonyl (C=O) groups excluding carboxylic acids is 1. The Kier molecular flexibility index (Phi) is 5.28. The van der Waals surface area contributed by atoms with Crippen molar-refractivity contribution in [2.75, 3.05) is 13.7 Å². The molecule has 134 valence electrons. The highest BCUT2D eigenvalue weighted by Gasteiger charge is 2.32. The van der Waals surface area contributed by atoms with Crippen molar-refractivity contribution in [2.24, 2.45) is 0 Å². The third-order valence-electron chi connectivity index (χ3n) is 4.52. The zero-order valence-corrected chi connectivity index (χ0v) is 16.0. The molecule has 0 spiro atoms. The Balaban J connectivity index is 2.23. The topological polar surface area (TPSA) is 47.6 Å². The van der Waals surface area contributed by atoms with E-state index in [1.165, 1.54) is 18.2 Å². The maximum absolute atomic E-state index is 11.7. The molecule has 1 aromatic rings. The smallest absolute Gasteiger partial charge is 0.323 e. The summed E-state index contributed by atoms with van der Waals surface area (Å²) in [5.41, 5.74) is 2.60. The largest absolute Gasteiger partial charge is 0.489 e. The fourth-order valence-electron chi connectivity index (χ4n) is 2.98. The van der Waals surface area contributed by atoms with Crippen molar-refractivity contribution in [3.05, 3.63) is 29.3 Å². The molecule has 0 amide bonds.